The number of rotatable bonds is 1. The summed E-state index contributed by atoms with van der Waals surface area (Å²) < 4.78 is 1.88. The molecule has 2 aliphatic heterocycles. The zero-order chi connectivity index (χ0) is 13.4. The largest absolute Gasteiger partial charge is 0.337 e. The number of nitrogens with zero attached hydrogens (tertiary/aromatic N) is 3. The highest BCUT2D eigenvalue weighted by molar-refractivity contribution is 5.94. The normalized spacial score (nSPS) is 20.4. The Morgan fingerprint density at radius 2 is 2.11 bits per heavy atom. The van der Waals surface area contributed by atoms with Crippen molar-refractivity contribution in [2.24, 2.45) is 13.0 Å². The Bertz CT molecular complexity index is 486. The monoisotopic (exact) mass is 262 g/mol. The summed E-state index contributed by atoms with van der Waals surface area (Å²) in [7, 11) is 1.94. The van der Waals surface area contributed by atoms with E-state index in [0.29, 0.717) is 5.69 Å². The number of fused-ring (bicyclic) bond motifs is 1. The third kappa shape index (κ3) is 2.27. The van der Waals surface area contributed by atoms with E-state index in [-0.39, 0.29) is 5.91 Å². The van der Waals surface area contributed by atoms with Gasteiger partial charge in [-0.25, -0.2) is 0 Å². The quantitative estimate of drug-likeness (QED) is 0.819. The lowest BCUT2D eigenvalue weighted by molar-refractivity contribution is 0.0689. The van der Waals surface area contributed by atoms with Crippen molar-refractivity contribution in [1.29, 1.82) is 0 Å². The molecule has 0 saturated carbocycles. The molecule has 19 heavy (non-hydrogen) atoms. The molecule has 0 aromatic carbocycles. The van der Waals surface area contributed by atoms with Crippen LogP contribution in [0.15, 0.2) is 0 Å². The maximum absolute atomic E-state index is 12.6. The fourth-order valence-corrected chi connectivity index (χ4v) is 3.05. The highest BCUT2D eigenvalue weighted by atomic mass is 16.2. The molecule has 0 atom stereocenters. The SMILES string of the molecule is CC1CCN(C(=O)c2nn(C)c3c2CNCC3)CC1. The van der Waals surface area contributed by atoms with Gasteiger partial charge in [0.25, 0.3) is 5.91 Å². The van der Waals surface area contributed by atoms with E-state index in [1.54, 1.807) is 0 Å². The molecule has 2 aliphatic rings. The van der Waals surface area contributed by atoms with Crippen LogP contribution in [-0.4, -0.2) is 40.2 Å². The van der Waals surface area contributed by atoms with Gasteiger partial charge in [-0.2, -0.15) is 5.10 Å². The summed E-state index contributed by atoms with van der Waals surface area (Å²) in [6, 6.07) is 0. The molecule has 1 aromatic rings. The van der Waals surface area contributed by atoms with Crippen LogP contribution in [0.5, 0.6) is 0 Å². The van der Waals surface area contributed by atoms with Crippen molar-refractivity contribution in [3.05, 3.63) is 17.0 Å². The second kappa shape index (κ2) is 4.96. The predicted molar refractivity (Wildman–Crippen MR) is 72.9 cm³/mol. The lowest BCUT2D eigenvalue weighted by Crippen LogP contribution is -2.39. The number of carbonyl (C=O) groups is 1. The molecule has 3 rings (SSSR count). The van der Waals surface area contributed by atoms with Crippen molar-refractivity contribution in [2.75, 3.05) is 19.6 Å². The third-order valence-corrected chi connectivity index (χ3v) is 4.39. The van der Waals surface area contributed by atoms with E-state index in [4.69, 9.17) is 0 Å². The van der Waals surface area contributed by atoms with Crippen LogP contribution in [0.25, 0.3) is 0 Å². The molecular weight excluding hydrogens is 240 g/mol. The molecule has 1 saturated heterocycles. The summed E-state index contributed by atoms with van der Waals surface area (Å²) in [4.78, 5) is 14.6. The molecule has 1 aromatic heterocycles. The minimum atomic E-state index is 0.118. The topological polar surface area (TPSA) is 50.2 Å². The molecule has 1 amide bonds. The molecule has 0 spiro atoms. The van der Waals surface area contributed by atoms with Gasteiger partial charge in [0.2, 0.25) is 0 Å². The highest BCUT2D eigenvalue weighted by Crippen LogP contribution is 2.22. The van der Waals surface area contributed by atoms with Crippen LogP contribution in [0.3, 0.4) is 0 Å². The van der Waals surface area contributed by atoms with Crippen molar-refractivity contribution in [1.82, 2.24) is 20.0 Å². The maximum atomic E-state index is 12.6. The first-order chi connectivity index (χ1) is 9.16. The molecule has 3 heterocycles. The second-order valence-corrected chi connectivity index (χ2v) is 5.80. The van der Waals surface area contributed by atoms with E-state index in [1.165, 1.54) is 5.69 Å². The fraction of sp³-hybridized carbons (Fsp3) is 0.714. The van der Waals surface area contributed by atoms with Crippen molar-refractivity contribution < 1.29 is 4.79 Å². The van der Waals surface area contributed by atoms with Crippen LogP contribution in [-0.2, 0) is 20.0 Å². The van der Waals surface area contributed by atoms with Gasteiger partial charge in [-0.3, -0.25) is 9.48 Å². The minimum absolute atomic E-state index is 0.118. The van der Waals surface area contributed by atoms with Gasteiger partial charge in [-0.1, -0.05) is 6.92 Å². The highest BCUT2D eigenvalue weighted by Gasteiger charge is 2.28. The van der Waals surface area contributed by atoms with Crippen LogP contribution in [0.2, 0.25) is 0 Å². The van der Waals surface area contributed by atoms with Gasteiger partial charge in [0, 0.05) is 50.9 Å². The average Bonchev–Trinajstić information content (AvgIpc) is 2.77. The Kier molecular flexibility index (Phi) is 3.31. The fourth-order valence-electron chi connectivity index (χ4n) is 3.05. The van der Waals surface area contributed by atoms with E-state index in [9.17, 15) is 4.79 Å². The van der Waals surface area contributed by atoms with Gasteiger partial charge in [-0.15, -0.1) is 0 Å². The summed E-state index contributed by atoms with van der Waals surface area (Å²) in [6.07, 6.45) is 3.18. The van der Waals surface area contributed by atoms with Crippen LogP contribution < -0.4 is 5.32 Å². The number of carbonyl (C=O) groups excluding carboxylic acids is 1. The van der Waals surface area contributed by atoms with E-state index in [0.717, 1.165) is 56.9 Å². The number of hydrogen-bond acceptors (Lipinski definition) is 3. The van der Waals surface area contributed by atoms with Gasteiger partial charge in [0.05, 0.1) is 0 Å². The standard InChI is InChI=1S/C14H22N4O/c1-10-4-7-18(8-5-10)14(19)13-11-9-15-6-3-12(11)17(2)16-13/h10,15H,3-9H2,1-2H3. The van der Waals surface area contributed by atoms with Crippen molar-refractivity contribution in [2.45, 2.75) is 32.7 Å². The molecule has 5 heteroatoms. The predicted octanol–water partition coefficient (Wildman–Crippen LogP) is 0.938. The van der Waals surface area contributed by atoms with E-state index < -0.39 is 0 Å². The Hall–Kier alpha value is -1.36. The van der Waals surface area contributed by atoms with Crippen LogP contribution in [0.1, 0.15) is 41.5 Å². The van der Waals surface area contributed by atoms with Gasteiger partial charge < -0.3 is 10.2 Å². The van der Waals surface area contributed by atoms with E-state index >= 15 is 0 Å². The third-order valence-electron chi connectivity index (χ3n) is 4.39. The van der Waals surface area contributed by atoms with Gasteiger partial charge in [0.1, 0.15) is 0 Å². The Balaban J connectivity index is 1.84. The molecule has 0 aliphatic carbocycles. The number of nitrogens with one attached hydrogen (secondary N) is 1. The maximum Gasteiger partial charge on any atom is 0.274 e. The first-order valence-corrected chi connectivity index (χ1v) is 7.21. The number of hydrogen-bond donors (Lipinski definition) is 1. The Labute approximate surface area is 114 Å². The second-order valence-electron chi connectivity index (χ2n) is 5.80. The first-order valence-electron chi connectivity index (χ1n) is 7.21. The Morgan fingerprint density at radius 1 is 1.37 bits per heavy atom. The van der Waals surface area contributed by atoms with E-state index in [1.807, 2.05) is 16.6 Å². The zero-order valence-corrected chi connectivity index (χ0v) is 11.8. The number of piperidine rings is 1. The van der Waals surface area contributed by atoms with Gasteiger partial charge >= 0.3 is 0 Å². The molecule has 5 nitrogen and oxygen atoms in total. The van der Waals surface area contributed by atoms with Crippen LogP contribution in [0, 0.1) is 5.92 Å². The summed E-state index contributed by atoms with van der Waals surface area (Å²) in [5.74, 6) is 0.857. The molecule has 0 radical (unpaired) electrons. The van der Waals surface area contributed by atoms with Crippen molar-refractivity contribution in [3.8, 4) is 0 Å². The van der Waals surface area contributed by atoms with Gasteiger partial charge in [-0.05, 0) is 18.8 Å². The Morgan fingerprint density at radius 3 is 2.84 bits per heavy atom. The molecule has 0 unspecified atom stereocenters. The minimum Gasteiger partial charge on any atom is -0.337 e. The molecule has 104 valence electrons. The molecule has 1 fully saturated rings. The summed E-state index contributed by atoms with van der Waals surface area (Å²) >= 11 is 0. The summed E-state index contributed by atoms with van der Waals surface area (Å²) in [5.41, 5.74) is 2.99. The first kappa shape index (κ1) is 12.7. The number of likely N-dealkylation sites (tertiary alicyclic amines) is 1. The van der Waals surface area contributed by atoms with E-state index in [2.05, 4.69) is 17.3 Å². The smallest absolute Gasteiger partial charge is 0.274 e. The van der Waals surface area contributed by atoms with Crippen molar-refractivity contribution >= 4 is 5.91 Å². The summed E-state index contributed by atoms with van der Waals surface area (Å²) in [6.45, 7) is 5.75. The van der Waals surface area contributed by atoms with Crippen LogP contribution >= 0.6 is 0 Å². The summed E-state index contributed by atoms with van der Waals surface area (Å²) in [5, 5.41) is 7.81. The van der Waals surface area contributed by atoms with Crippen molar-refractivity contribution in [3.63, 3.8) is 0 Å². The van der Waals surface area contributed by atoms with Gasteiger partial charge in [0.15, 0.2) is 5.69 Å². The molecule has 1 N–H and O–H groups in total. The van der Waals surface area contributed by atoms with Crippen LogP contribution in [0.4, 0.5) is 0 Å². The molecule has 0 bridgehead atoms. The lowest BCUT2D eigenvalue weighted by Gasteiger charge is -2.30. The number of aromatic nitrogens is 2. The number of aryl methyl sites for hydroxylation is 1. The zero-order valence-electron chi connectivity index (χ0n) is 11.8. The molecular formula is C14H22N4O. The lowest BCUT2D eigenvalue weighted by atomic mass is 9.98. The number of amides is 1. The average molecular weight is 262 g/mol.